The van der Waals surface area contributed by atoms with Gasteiger partial charge in [0.05, 0.1) is 5.56 Å². The van der Waals surface area contributed by atoms with Crippen molar-refractivity contribution in [3.05, 3.63) is 23.8 Å². The van der Waals surface area contributed by atoms with Crippen LogP contribution < -0.4 is 10.6 Å². The summed E-state index contributed by atoms with van der Waals surface area (Å²) in [4.78, 5) is 1.82. The van der Waals surface area contributed by atoms with Gasteiger partial charge in [0.2, 0.25) is 0 Å². The summed E-state index contributed by atoms with van der Waals surface area (Å²) in [6.45, 7) is 5.53. The van der Waals surface area contributed by atoms with Gasteiger partial charge in [0.1, 0.15) is 0 Å². The molecule has 1 fully saturated rings. The first-order valence-electron chi connectivity index (χ1n) is 6.55. The van der Waals surface area contributed by atoms with E-state index in [0.717, 1.165) is 18.2 Å². The van der Waals surface area contributed by atoms with Crippen molar-refractivity contribution in [3.8, 4) is 0 Å². The second kappa shape index (κ2) is 5.39. The Balaban J connectivity index is 2.33. The fraction of sp³-hybridized carbons (Fsp3) is 0.571. The molecule has 1 aromatic carbocycles. The molecule has 0 amide bonds. The lowest BCUT2D eigenvalue weighted by Gasteiger charge is -2.27. The number of nitrogens with two attached hydrogens (primary N) is 1. The molecule has 0 atom stereocenters. The van der Waals surface area contributed by atoms with Crippen molar-refractivity contribution in [1.82, 2.24) is 0 Å². The van der Waals surface area contributed by atoms with Crippen molar-refractivity contribution in [1.29, 1.82) is 0 Å². The van der Waals surface area contributed by atoms with Crippen LogP contribution in [0.4, 0.5) is 24.5 Å². The smallest absolute Gasteiger partial charge is 0.399 e. The van der Waals surface area contributed by atoms with E-state index in [9.17, 15) is 13.2 Å². The minimum absolute atomic E-state index is 0.112. The number of nitrogens with zero attached hydrogens (tertiary/aromatic N) is 1. The van der Waals surface area contributed by atoms with Crippen LogP contribution in [0, 0.1) is 0 Å². The van der Waals surface area contributed by atoms with Gasteiger partial charge in [-0.05, 0) is 24.6 Å². The maximum absolute atomic E-state index is 13.1. The first-order chi connectivity index (χ1) is 9.19. The Morgan fingerprint density at radius 1 is 1.25 bits per heavy atom. The van der Waals surface area contributed by atoms with Crippen molar-refractivity contribution in [3.63, 3.8) is 0 Å². The van der Waals surface area contributed by atoms with E-state index in [1.807, 2.05) is 16.7 Å². The Bertz CT molecular complexity index is 486. The zero-order valence-electron chi connectivity index (χ0n) is 11.6. The molecule has 0 saturated carbocycles. The topological polar surface area (TPSA) is 29.3 Å². The molecule has 20 heavy (non-hydrogen) atoms. The molecule has 1 heterocycles. The fourth-order valence-electron chi connectivity index (χ4n) is 2.32. The molecule has 2 N–H and O–H groups in total. The van der Waals surface area contributed by atoms with Crippen LogP contribution in [0.25, 0.3) is 0 Å². The van der Waals surface area contributed by atoms with E-state index in [-0.39, 0.29) is 16.1 Å². The molecular weight excluding hydrogens is 285 g/mol. The highest BCUT2D eigenvalue weighted by atomic mass is 32.2. The molecule has 0 unspecified atom stereocenters. The molecule has 1 aliphatic heterocycles. The first-order valence-corrected chi connectivity index (χ1v) is 7.53. The number of alkyl halides is 3. The average molecular weight is 304 g/mol. The maximum atomic E-state index is 13.1. The Morgan fingerprint density at radius 3 is 2.60 bits per heavy atom. The minimum Gasteiger partial charge on any atom is -0.399 e. The van der Waals surface area contributed by atoms with Gasteiger partial charge in [0, 0.05) is 35.0 Å². The summed E-state index contributed by atoms with van der Waals surface area (Å²) in [5, 5.41) is 0. The summed E-state index contributed by atoms with van der Waals surface area (Å²) in [6.07, 6.45) is -3.51. The molecule has 2 rings (SSSR count). The Labute approximate surface area is 121 Å². The molecule has 0 spiro atoms. The summed E-state index contributed by atoms with van der Waals surface area (Å²) in [5.74, 6) is 0.828. The first kappa shape index (κ1) is 15.4. The third-order valence-electron chi connectivity index (χ3n) is 3.50. The minimum atomic E-state index is -4.38. The normalized spacial score (nSPS) is 19.8. The van der Waals surface area contributed by atoms with Crippen LogP contribution >= 0.6 is 11.8 Å². The van der Waals surface area contributed by atoms with Crippen LogP contribution in [-0.2, 0) is 6.18 Å². The highest BCUT2D eigenvalue weighted by molar-refractivity contribution is 8.00. The van der Waals surface area contributed by atoms with Gasteiger partial charge in [-0.3, -0.25) is 0 Å². The summed E-state index contributed by atoms with van der Waals surface area (Å²) in [5.41, 5.74) is 5.25. The van der Waals surface area contributed by atoms with Gasteiger partial charge >= 0.3 is 6.18 Å². The second-order valence-corrected chi connectivity index (χ2v) is 7.42. The number of rotatable bonds is 1. The largest absolute Gasteiger partial charge is 0.418 e. The van der Waals surface area contributed by atoms with Crippen LogP contribution in [-0.4, -0.2) is 23.6 Å². The van der Waals surface area contributed by atoms with E-state index >= 15 is 0 Å². The van der Waals surface area contributed by atoms with Gasteiger partial charge < -0.3 is 10.6 Å². The molecule has 0 bridgehead atoms. The molecule has 112 valence electrons. The van der Waals surface area contributed by atoms with E-state index in [2.05, 4.69) is 13.8 Å². The molecule has 1 aliphatic rings. The molecule has 1 aromatic rings. The molecule has 6 heteroatoms. The average Bonchev–Trinajstić information content (AvgIpc) is 2.49. The van der Waals surface area contributed by atoms with Crippen molar-refractivity contribution in [2.24, 2.45) is 0 Å². The van der Waals surface area contributed by atoms with Crippen LogP contribution in [0.15, 0.2) is 18.2 Å². The van der Waals surface area contributed by atoms with Crippen molar-refractivity contribution in [2.45, 2.75) is 31.2 Å². The molecular formula is C14H19F3N2S. The summed E-state index contributed by atoms with van der Waals surface area (Å²) >= 11 is 1.81. The van der Waals surface area contributed by atoms with E-state index < -0.39 is 11.7 Å². The van der Waals surface area contributed by atoms with Crippen LogP contribution in [0.3, 0.4) is 0 Å². The van der Waals surface area contributed by atoms with Gasteiger partial charge in [-0.25, -0.2) is 0 Å². The lowest BCUT2D eigenvalue weighted by molar-refractivity contribution is -0.137. The zero-order chi connectivity index (χ0) is 15.0. The van der Waals surface area contributed by atoms with Crippen LogP contribution in [0.1, 0.15) is 25.8 Å². The third kappa shape index (κ3) is 3.53. The van der Waals surface area contributed by atoms with Crippen LogP contribution in [0.5, 0.6) is 0 Å². The summed E-state index contributed by atoms with van der Waals surface area (Å²) in [6, 6.07) is 4.05. The molecule has 0 aromatic heterocycles. The van der Waals surface area contributed by atoms with Gasteiger partial charge in [0.25, 0.3) is 0 Å². The number of hydrogen-bond donors (Lipinski definition) is 1. The number of anilines is 2. The van der Waals surface area contributed by atoms with E-state index in [0.29, 0.717) is 13.1 Å². The monoisotopic (exact) mass is 304 g/mol. The summed E-state index contributed by atoms with van der Waals surface area (Å²) in [7, 11) is 0. The molecule has 0 radical (unpaired) electrons. The lowest BCUT2D eigenvalue weighted by Crippen LogP contribution is -2.29. The highest BCUT2D eigenvalue weighted by Crippen LogP contribution is 2.39. The molecule has 1 saturated heterocycles. The number of thioether (sulfide) groups is 1. The van der Waals surface area contributed by atoms with Gasteiger partial charge in [-0.2, -0.15) is 24.9 Å². The fourth-order valence-corrected chi connectivity index (χ4v) is 3.42. The lowest BCUT2D eigenvalue weighted by atomic mass is 10.1. The predicted octanol–water partition coefficient (Wildman–Crippen LogP) is 4.01. The van der Waals surface area contributed by atoms with Gasteiger partial charge in [-0.1, -0.05) is 13.8 Å². The second-order valence-electron chi connectivity index (χ2n) is 5.62. The standard InChI is InChI=1S/C14H19F3N2S/c1-13(2)5-6-19(7-8-20-13)12-4-3-10(18)9-11(12)14(15,16)17/h3-4,9H,5-8,18H2,1-2H3. The number of benzene rings is 1. The predicted molar refractivity (Wildman–Crippen MR) is 79.2 cm³/mol. The van der Waals surface area contributed by atoms with E-state index in [1.54, 1.807) is 0 Å². The number of hydrogen-bond acceptors (Lipinski definition) is 3. The van der Waals surface area contributed by atoms with Crippen molar-refractivity contribution < 1.29 is 13.2 Å². The van der Waals surface area contributed by atoms with E-state index in [4.69, 9.17) is 5.73 Å². The van der Waals surface area contributed by atoms with Crippen LogP contribution in [0.2, 0.25) is 0 Å². The number of nitrogen functional groups attached to an aromatic ring is 1. The summed E-state index contributed by atoms with van der Waals surface area (Å²) < 4.78 is 39.6. The highest BCUT2D eigenvalue weighted by Gasteiger charge is 2.36. The zero-order valence-corrected chi connectivity index (χ0v) is 12.4. The van der Waals surface area contributed by atoms with Gasteiger partial charge in [-0.15, -0.1) is 0 Å². The quantitative estimate of drug-likeness (QED) is 0.795. The van der Waals surface area contributed by atoms with Crippen molar-refractivity contribution in [2.75, 3.05) is 29.5 Å². The molecule has 0 aliphatic carbocycles. The van der Waals surface area contributed by atoms with E-state index in [1.165, 1.54) is 12.1 Å². The Kier molecular flexibility index (Phi) is 4.14. The molecule has 2 nitrogen and oxygen atoms in total. The SMILES string of the molecule is CC1(C)CCN(c2ccc(N)cc2C(F)(F)F)CCS1. The Hall–Kier alpha value is -1.04. The van der Waals surface area contributed by atoms with Crippen molar-refractivity contribution >= 4 is 23.1 Å². The Morgan fingerprint density at radius 2 is 1.95 bits per heavy atom. The number of halogens is 3. The third-order valence-corrected chi connectivity index (χ3v) is 4.88. The van der Waals surface area contributed by atoms with Gasteiger partial charge in [0.15, 0.2) is 0 Å². The maximum Gasteiger partial charge on any atom is 0.418 e.